The summed E-state index contributed by atoms with van der Waals surface area (Å²) in [6.07, 6.45) is 1.70. The summed E-state index contributed by atoms with van der Waals surface area (Å²) in [5.41, 5.74) is 0.909. The molecule has 2 rings (SSSR count). The second kappa shape index (κ2) is 3.92. The van der Waals surface area contributed by atoms with Crippen molar-refractivity contribution in [3.05, 3.63) is 41.3 Å². The van der Waals surface area contributed by atoms with E-state index in [2.05, 4.69) is 9.97 Å². The maximum Gasteiger partial charge on any atom is 0.138 e. The van der Waals surface area contributed by atoms with E-state index in [1.807, 2.05) is 24.3 Å². The van der Waals surface area contributed by atoms with Gasteiger partial charge in [0.05, 0.1) is 11.9 Å². The van der Waals surface area contributed by atoms with E-state index < -0.39 is 5.60 Å². The van der Waals surface area contributed by atoms with Crippen LogP contribution in [0.3, 0.4) is 0 Å². The van der Waals surface area contributed by atoms with E-state index in [1.54, 1.807) is 20.0 Å². The van der Waals surface area contributed by atoms with Crippen molar-refractivity contribution in [3.63, 3.8) is 0 Å². The van der Waals surface area contributed by atoms with Gasteiger partial charge in [-0.15, -0.1) is 0 Å². The van der Waals surface area contributed by atoms with Crippen LogP contribution in [0, 0.1) is 0 Å². The van der Waals surface area contributed by atoms with Crippen LogP contribution >= 0.6 is 11.6 Å². The van der Waals surface area contributed by atoms with Crippen molar-refractivity contribution < 1.29 is 5.11 Å². The number of hydrogen-bond acceptors (Lipinski definition) is 2. The van der Waals surface area contributed by atoms with E-state index in [0.29, 0.717) is 10.8 Å². The van der Waals surface area contributed by atoms with Gasteiger partial charge >= 0.3 is 0 Å². The molecule has 84 valence electrons. The third kappa shape index (κ3) is 2.26. The Bertz CT molecular complexity index is 482. The second-order valence-corrected chi connectivity index (χ2v) is 4.65. The molecule has 0 fully saturated rings. The second-order valence-electron chi connectivity index (χ2n) is 4.21. The van der Waals surface area contributed by atoms with Crippen molar-refractivity contribution >= 4 is 11.6 Å². The van der Waals surface area contributed by atoms with Gasteiger partial charge < -0.3 is 10.1 Å². The summed E-state index contributed by atoms with van der Waals surface area (Å²) in [7, 11) is 0. The number of aliphatic hydroxyl groups is 1. The molecule has 4 heteroatoms. The van der Waals surface area contributed by atoms with Crippen molar-refractivity contribution in [3.8, 4) is 11.3 Å². The topological polar surface area (TPSA) is 48.9 Å². The third-order valence-electron chi connectivity index (χ3n) is 2.31. The number of nitrogens with zero attached hydrogens (tertiary/aromatic N) is 1. The third-order valence-corrected chi connectivity index (χ3v) is 2.56. The first-order chi connectivity index (χ1) is 7.47. The largest absolute Gasteiger partial charge is 0.383 e. The number of benzene rings is 1. The number of halogens is 1. The lowest BCUT2D eigenvalue weighted by Gasteiger charge is -2.12. The Morgan fingerprint density at radius 1 is 1.25 bits per heavy atom. The Kier molecular flexibility index (Phi) is 2.74. The van der Waals surface area contributed by atoms with Crippen LogP contribution in [-0.4, -0.2) is 15.1 Å². The fraction of sp³-hybridized carbons (Fsp3) is 0.250. The molecule has 0 saturated heterocycles. The molecule has 1 aromatic carbocycles. The molecule has 16 heavy (non-hydrogen) atoms. The van der Waals surface area contributed by atoms with Crippen LogP contribution < -0.4 is 0 Å². The summed E-state index contributed by atoms with van der Waals surface area (Å²) in [6, 6.07) is 7.46. The zero-order valence-corrected chi connectivity index (χ0v) is 9.92. The maximum absolute atomic E-state index is 9.78. The highest BCUT2D eigenvalue weighted by Gasteiger charge is 2.19. The fourth-order valence-corrected chi connectivity index (χ4v) is 1.53. The molecule has 0 amide bonds. The van der Waals surface area contributed by atoms with E-state index in [0.717, 1.165) is 11.3 Å². The summed E-state index contributed by atoms with van der Waals surface area (Å²) in [6.45, 7) is 3.38. The molecule has 0 spiro atoms. The van der Waals surface area contributed by atoms with E-state index in [-0.39, 0.29) is 0 Å². The normalized spacial score (nSPS) is 11.8. The first kappa shape index (κ1) is 11.2. The molecule has 3 nitrogen and oxygen atoms in total. The summed E-state index contributed by atoms with van der Waals surface area (Å²) >= 11 is 5.81. The van der Waals surface area contributed by atoms with Crippen molar-refractivity contribution in [2.24, 2.45) is 0 Å². The number of aromatic nitrogens is 2. The summed E-state index contributed by atoms with van der Waals surface area (Å²) < 4.78 is 0. The highest BCUT2D eigenvalue weighted by molar-refractivity contribution is 6.30. The molecule has 0 saturated carbocycles. The highest BCUT2D eigenvalue weighted by Crippen LogP contribution is 2.23. The molecule has 0 unspecified atom stereocenters. The van der Waals surface area contributed by atoms with Crippen LogP contribution in [0.5, 0.6) is 0 Å². The Balaban J connectivity index is 2.35. The number of aromatic amines is 1. The van der Waals surface area contributed by atoms with Gasteiger partial charge in [0.1, 0.15) is 11.4 Å². The Hall–Kier alpha value is -1.32. The molecule has 2 N–H and O–H groups in total. The van der Waals surface area contributed by atoms with E-state index >= 15 is 0 Å². The first-order valence-electron chi connectivity index (χ1n) is 5.00. The molecule has 1 heterocycles. The van der Waals surface area contributed by atoms with Gasteiger partial charge in [0, 0.05) is 5.02 Å². The lowest BCUT2D eigenvalue weighted by molar-refractivity contribution is 0.0697. The van der Waals surface area contributed by atoms with Gasteiger partial charge in [0.2, 0.25) is 0 Å². The van der Waals surface area contributed by atoms with E-state index in [4.69, 9.17) is 11.6 Å². The van der Waals surface area contributed by atoms with Crippen LogP contribution in [0.4, 0.5) is 0 Å². The smallest absolute Gasteiger partial charge is 0.138 e. The lowest BCUT2D eigenvalue weighted by Crippen LogP contribution is -2.17. The van der Waals surface area contributed by atoms with Crippen LogP contribution in [0.2, 0.25) is 5.02 Å². The zero-order chi connectivity index (χ0) is 11.8. The van der Waals surface area contributed by atoms with E-state index in [1.165, 1.54) is 0 Å². The van der Waals surface area contributed by atoms with Crippen molar-refractivity contribution in [1.29, 1.82) is 0 Å². The molecule has 0 aliphatic rings. The number of hydrogen-bond donors (Lipinski definition) is 2. The van der Waals surface area contributed by atoms with Gasteiger partial charge in [-0.05, 0) is 31.5 Å². The summed E-state index contributed by atoms with van der Waals surface area (Å²) in [5, 5.41) is 10.5. The molecular formula is C12H13ClN2O. The fourth-order valence-electron chi connectivity index (χ4n) is 1.41. The Morgan fingerprint density at radius 2 is 1.88 bits per heavy atom. The molecule has 2 aromatic rings. The average molecular weight is 237 g/mol. The zero-order valence-electron chi connectivity index (χ0n) is 9.16. The van der Waals surface area contributed by atoms with Crippen LogP contribution in [0.1, 0.15) is 19.7 Å². The number of nitrogens with one attached hydrogen (secondary N) is 1. The van der Waals surface area contributed by atoms with Gasteiger partial charge in [-0.3, -0.25) is 0 Å². The minimum atomic E-state index is -0.954. The quantitative estimate of drug-likeness (QED) is 0.842. The van der Waals surface area contributed by atoms with Crippen molar-refractivity contribution in [2.45, 2.75) is 19.4 Å². The number of rotatable bonds is 2. The average Bonchev–Trinajstić information content (AvgIpc) is 2.67. The maximum atomic E-state index is 9.78. The van der Waals surface area contributed by atoms with Gasteiger partial charge in [0.25, 0.3) is 0 Å². The molecule has 0 radical (unpaired) electrons. The Morgan fingerprint density at radius 3 is 2.38 bits per heavy atom. The molecule has 0 atom stereocenters. The lowest BCUT2D eigenvalue weighted by atomic mass is 10.1. The first-order valence-corrected chi connectivity index (χ1v) is 5.38. The molecule has 0 bridgehead atoms. The minimum Gasteiger partial charge on any atom is -0.383 e. The number of H-pyrrole nitrogens is 1. The van der Waals surface area contributed by atoms with Crippen LogP contribution in [0.15, 0.2) is 30.5 Å². The standard InChI is InChI=1S/C12H13ClN2O/c1-12(2,16)11-14-7-10(15-11)8-3-5-9(13)6-4-8/h3-7,16H,1-2H3,(H,14,15). The van der Waals surface area contributed by atoms with Gasteiger partial charge in [-0.25, -0.2) is 4.98 Å². The van der Waals surface area contributed by atoms with Gasteiger partial charge in [0.15, 0.2) is 0 Å². The van der Waals surface area contributed by atoms with Crippen LogP contribution in [-0.2, 0) is 5.60 Å². The summed E-state index contributed by atoms with van der Waals surface area (Å²) in [4.78, 5) is 7.23. The predicted molar refractivity (Wildman–Crippen MR) is 64.3 cm³/mol. The molecule has 0 aliphatic heterocycles. The highest BCUT2D eigenvalue weighted by atomic mass is 35.5. The van der Waals surface area contributed by atoms with Crippen molar-refractivity contribution in [2.75, 3.05) is 0 Å². The Labute approximate surface area is 99.1 Å². The number of imidazole rings is 1. The van der Waals surface area contributed by atoms with Crippen molar-refractivity contribution in [1.82, 2.24) is 9.97 Å². The van der Waals surface area contributed by atoms with Crippen LogP contribution in [0.25, 0.3) is 11.3 Å². The summed E-state index contributed by atoms with van der Waals surface area (Å²) in [5.74, 6) is 0.553. The molecular weight excluding hydrogens is 224 g/mol. The van der Waals surface area contributed by atoms with Gasteiger partial charge in [-0.1, -0.05) is 23.7 Å². The monoisotopic (exact) mass is 236 g/mol. The minimum absolute atomic E-state index is 0.553. The van der Waals surface area contributed by atoms with Gasteiger partial charge in [-0.2, -0.15) is 0 Å². The predicted octanol–water partition coefficient (Wildman–Crippen LogP) is 2.96. The molecule has 0 aliphatic carbocycles. The van der Waals surface area contributed by atoms with E-state index in [9.17, 15) is 5.11 Å². The molecule has 1 aromatic heterocycles. The SMILES string of the molecule is CC(C)(O)c1ncc(-c2ccc(Cl)cc2)[nH]1.